The van der Waals surface area contributed by atoms with Crippen molar-refractivity contribution in [3.63, 3.8) is 0 Å². The fourth-order valence-electron chi connectivity index (χ4n) is 3.64. The largest absolute Gasteiger partial charge is 0.367 e. The molecule has 5 rings (SSSR count). The number of aliphatic imine (C=N–C) groups is 1. The Bertz CT molecular complexity index is 834. The average Bonchev–Trinajstić information content (AvgIpc) is 3.31. The van der Waals surface area contributed by atoms with Gasteiger partial charge in [0, 0.05) is 50.0 Å². The number of nitrogens with zero attached hydrogens (tertiary/aromatic N) is 5. The molecule has 0 amide bonds. The van der Waals surface area contributed by atoms with Crippen LogP contribution in [0, 0.1) is 0 Å². The van der Waals surface area contributed by atoms with E-state index < -0.39 is 0 Å². The zero-order chi connectivity index (χ0) is 17.5. The van der Waals surface area contributed by atoms with Crippen LogP contribution >= 0.6 is 0 Å². The number of rotatable bonds is 4. The normalized spacial score (nSPS) is 19.0. The lowest BCUT2D eigenvalue weighted by Gasteiger charge is -2.23. The number of aromatic nitrogens is 2. The summed E-state index contributed by atoms with van der Waals surface area (Å²) in [6.07, 6.45) is 8.82. The van der Waals surface area contributed by atoms with E-state index in [1.54, 1.807) is 0 Å². The smallest absolute Gasteiger partial charge is 0.134 e. The number of pyridine rings is 2. The monoisotopic (exact) mass is 348 g/mol. The third-order valence-electron chi connectivity index (χ3n) is 5.29. The van der Waals surface area contributed by atoms with Crippen LogP contribution in [-0.2, 0) is 6.54 Å². The zero-order valence-corrected chi connectivity index (χ0v) is 15.1. The SMILES string of the molecule is CN1C=Nc2cc(-c3ccc(N4CCCC4)nc3)nc(NC3CC3)c2C1. The Labute approximate surface area is 154 Å². The number of hydrogen-bond acceptors (Lipinski definition) is 6. The zero-order valence-electron chi connectivity index (χ0n) is 15.1. The highest BCUT2D eigenvalue weighted by Gasteiger charge is 2.25. The Morgan fingerprint density at radius 3 is 2.73 bits per heavy atom. The maximum absolute atomic E-state index is 4.93. The maximum Gasteiger partial charge on any atom is 0.134 e. The van der Waals surface area contributed by atoms with Crippen molar-refractivity contribution in [1.29, 1.82) is 0 Å². The Morgan fingerprint density at radius 1 is 1.15 bits per heavy atom. The highest BCUT2D eigenvalue weighted by atomic mass is 15.2. The average molecular weight is 348 g/mol. The van der Waals surface area contributed by atoms with E-state index in [0.717, 1.165) is 48.2 Å². The second kappa shape index (κ2) is 6.27. The number of anilines is 2. The molecular weight excluding hydrogens is 324 g/mol. The van der Waals surface area contributed by atoms with Gasteiger partial charge in [-0.1, -0.05) is 0 Å². The summed E-state index contributed by atoms with van der Waals surface area (Å²) in [6, 6.07) is 6.90. The van der Waals surface area contributed by atoms with Crippen LogP contribution in [0.4, 0.5) is 17.3 Å². The van der Waals surface area contributed by atoms with E-state index in [1.165, 1.54) is 31.2 Å². The lowest BCUT2D eigenvalue weighted by Crippen LogP contribution is -2.21. The first-order valence-corrected chi connectivity index (χ1v) is 9.52. The molecule has 4 heterocycles. The molecule has 0 aromatic carbocycles. The summed E-state index contributed by atoms with van der Waals surface area (Å²) < 4.78 is 0. The first-order chi connectivity index (χ1) is 12.8. The molecule has 0 bridgehead atoms. The van der Waals surface area contributed by atoms with Gasteiger partial charge in [0.1, 0.15) is 11.6 Å². The van der Waals surface area contributed by atoms with E-state index in [0.29, 0.717) is 6.04 Å². The van der Waals surface area contributed by atoms with Gasteiger partial charge in [0.2, 0.25) is 0 Å². The van der Waals surface area contributed by atoms with Gasteiger partial charge in [-0.15, -0.1) is 0 Å². The molecule has 134 valence electrons. The minimum atomic E-state index is 0.564. The van der Waals surface area contributed by atoms with Crippen LogP contribution < -0.4 is 10.2 Å². The third kappa shape index (κ3) is 3.00. The Morgan fingerprint density at radius 2 is 2.00 bits per heavy atom. The lowest BCUT2D eigenvalue weighted by molar-refractivity contribution is 0.509. The molecule has 0 radical (unpaired) electrons. The molecule has 0 spiro atoms. The van der Waals surface area contributed by atoms with Crippen LogP contribution in [0.2, 0.25) is 0 Å². The van der Waals surface area contributed by atoms with Gasteiger partial charge in [-0.3, -0.25) is 0 Å². The van der Waals surface area contributed by atoms with Crippen LogP contribution in [0.25, 0.3) is 11.3 Å². The topological polar surface area (TPSA) is 56.7 Å². The summed E-state index contributed by atoms with van der Waals surface area (Å²) in [5.41, 5.74) is 4.19. The van der Waals surface area contributed by atoms with Gasteiger partial charge in [0.15, 0.2) is 0 Å². The van der Waals surface area contributed by atoms with Crippen molar-refractivity contribution in [2.75, 3.05) is 30.4 Å². The fraction of sp³-hybridized carbons (Fsp3) is 0.450. The Kier molecular flexibility index (Phi) is 3.76. The number of hydrogen-bond donors (Lipinski definition) is 1. The van der Waals surface area contributed by atoms with Gasteiger partial charge in [0.25, 0.3) is 0 Å². The van der Waals surface area contributed by atoms with Crippen molar-refractivity contribution < 1.29 is 0 Å². The summed E-state index contributed by atoms with van der Waals surface area (Å²) in [5.74, 6) is 2.05. The first-order valence-electron chi connectivity index (χ1n) is 9.52. The minimum absolute atomic E-state index is 0.564. The summed E-state index contributed by atoms with van der Waals surface area (Å²) in [5, 5.41) is 3.59. The van der Waals surface area contributed by atoms with Crippen LogP contribution in [0.15, 0.2) is 29.4 Å². The number of fused-ring (bicyclic) bond motifs is 1. The predicted octanol–water partition coefficient (Wildman–Crippen LogP) is 3.42. The van der Waals surface area contributed by atoms with Gasteiger partial charge < -0.3 is 15.1 Å². The highest BCUT2D eigenvalue weighted by Crippen LogP contribution is 2.36. The van der Waals surface area contributed by atoms with Crippen molar-refractivity contribution in [1.82, 2.24) is 14.9 Å². The van der Waals surface area contributed by atoms with E-state index in [9.17, 15) is 0 Å². The van der Waals surface area contributed by atoms with Gasteiger partial charge in [-0.25, -0.2) is 15.0 Å². The second-order valence-corrected chi connectivity index (χ2v) is 7.53. The third-order valence-corrected chi connectivity index (χ3v) is 5.29. The molecule has 0 atom stereocenters. The molecule has 2 fully saturated rings. The molecule has 2 aliphatic heterocycles. The van der Waals surface area contributed by atoms with E-state index >= 15 is 0 Å². The van der Waals surface area contributed by atoms with Crippen LogP contribution in [-0.4, -0.2) is 47.4 Å². The molecule has 1 aliphatic carbocycles. The predicted molar refractivity (Wildman–Crippen MR) is 105 cm³/mol. The standard InChI is InChI=1S/C20H24N6/c1-25-12-16-18(22-13-25)10-17(24-20(16)23-15-5-6-15)14-4-7-19(21-11-14)26-8-2-3-9-26/h4,7,10-11,13,15H,2-3,5-6,8-9,12H2,1H3,(H,23,24). The van der Waals surface area contributed by atoms with Crippen LogP contribution in [0.3, 0.4) is 0 Å². The summed E-state index contributed by atoms with van der Waals surface area (Å²) in [4.78, 5) is 18.7. The number of nitrogens with one attached hydrogen (secondary N) is 1. The van der Waals surface area contributed by atoms with Crippen molar-refractivity contribution in [3.05, 3.63) is 30.0 Å². The first kappa shape index (κ1) is 15.6. The van der Waals surface area contributed by atoms with Crippen molar-refractivity contribution in [2.45, 2.75) is 38.3 Å². The van der Waals surface area contributed by atoms with Gasteiger partial charge in [0.05, 0.1) is 17.7 Å². The second-order valence-electron chi connectivity index (χ2n) is 7.53. The van der Waals surface area contributed by atoms with E-state index in [2.05, 4.69) is 43.3 Å². The van der Waals surface area contributed by atoms with Crippen LogP contribution in [0.5, 0.6) is 0 Å². The molecule has 26 heavy (non-hydrogen) atoms. The van der Waals surface area contributed by atoms with Crippen LogP contribution in [0.1, 0.15) is 31.2 Å². The minimum Gasteiger partial charge on any atom is -0.367 e. The molecule has 3 aliphatic rings. The molecule has 6 nitrogen and oxygen atoms in total. The van der Waals surface area contributed by atoms with Gasteiger partial charge >= 0.3 is 0 Å². The molecule has 2 aromatic rings. The van der Waals surface area contributed by atoms with Gasteiger partial charge in [-0.2, -0.15) is 0 Å². The van der Waals surface area contributed by atoms with Crippen molar-refractivity contribution in [3.8, 4) is 11.3 Å². The summed E-state index contributed by atoms with van der Waals surface area (Å²) >= 11 is 0. The summed E-state index contributed by atoms with van der Waals surface area (Å²) in [6.45, 7) is 3.07. The fourth-order valence-corrected chi connectivity index (χ4v) is 3.64. The Balaban J connectivity index is 1.49. The maximum atomic E-state index is 4.93. The summed E-state index contributed by atoms with van der Waals surface area (Å²) in [7, 11) is 2.04. The highest BCUT2D eigenvalue weighted by molar-refractivity contribution is 5.76. The molecule has 1 N–H and O–H groups in total. The van der Waals surface area contributed by atoms with E-state index in [1.807, 2.05) is 19.6 Å². The van der Waals surface area contributed by atoms with E-state index in [-0.39, 0.29) is 0 Å². The lowest BCUT2D eigenvalue weighted by atomic mass is 10.1. The quantitative estimate of drug-likeness (QED) is 0.917. The molecule has 2 aromatic heterocycles. The van der Waals surface area contributed by atoms with Crippen molar-refractivity contribution >= 4 is 23.7 Å². The Hall–Kier alpha value is -2.63. The van der Waals surface area contributed by atoms with Crippen molar-refractivity contribution in [2.24, 2.45) is 4.99 Å². The molecule has 6 heteroatoms. The van der Waals surface area contributed by atoms with Gasteiger partial charge in [-0.05, 0) is 43.9 Å². The molecule has 0 unspecified atom stereocenters. The molecule has 1 saturated carbocycles. The van der Waals surface area contributed by atoms with E-state index in [4.69, 9.17) is 4.98 Å². The molecule has 1 saturated heterocycles. The molecular formula is C20H24N6.